The van der Waals surface area contributed by atoms with Crippen LogP contribution in [0.4, 0.5) is 0 Å². The van der Waals surface area contributed by atoms with Crippen molar-refractivity contribution in [1.29, 1.82) is 0 Å². The first kappa shape index (κ1) is 57.1. The van der Waals surface area contributed by atoms with Gasteiger partial charge in [-0.3, -0.25) is 14.4 Å². The molecule has 0 amide bonds. The second-order valence-corrected chi connectivity index (χ2v) is 17.6. The molecule has 2 unspecified atom stereocenters. The SMILES string of the molecule is CC/C=C\C/C=C\C/C=C\CCCCCCCC(=O)C(O)(C(=O)CCCCCCCCCCCCCCC)C(O)(CO)C(=O)CCCCCCCCCCCCCCC. The summed E-state index contributed by atoms with van der Waals surface area (Å²) in [6.45, 7) is 5.46. The molecule has 0 aromatic rings. The molecule has 0 saturated heterocycles. The van der Waals surface area contributed by atoms with Crippen molar-refractivity contribution in [2.45, 2.75) is 276 Å². The Morgan fingerprint density at radius 3 is 1.00 bits per heavy atom. The maximum Gasteiger partial charge on any atom is 0.219 e. The summed E-state index contributed by atoms with van der Waals surface area (Å²) >= 11 is 0. The first-order chi connectivity index (χ1) is 28.8. The fourth-order valence-corrected chi connectivity index (χ4v) is 8.10. The van der Waals surface area contributed by atoms with Crippen LogP contribution < -0.4 is 0 Å². The Morgan fingerprint density at radius 1 is 0.373 bits per heavy atom. The van der Waals surface area contributed by atoms with Gasteiger partial charge < -0.3 is 15.3 Å². The van der Waals surface area contributed by atoms with Crippen molar-refractivity contribution >= 4 is 17.3 Å². The number of unbranched alkanes of at least 4 members (excludes halogenated alkanes) is 29. The Balaban J connectivity index is 4.99. The summed E-state index contributed by atoms with van der Waals surface area (Å²) in [5, 5.41) is 34.0. The van der Waals surface area contributed by atoms with Gasteiger partial charge in [-0.15, -0.1) is 0 Å². The minimum absolute atomic E-state index is 0.0858. The van der Waals surface area contributed by atoms with E-state index in [0.717, 1.165) is 103 Å². The highest BCUT2D eigenvalue weighted by atomic mass is 16.4. The van der Waals surface area contributed by atoms with Crippen molar-refractivity contribution in [3.05, 3.63) is 36.5 Å². The first-order valence-corrected chi connectivity index (χ1v) is 25.4. The molecule has 0 fully saturated rings. The van der Waals surface area contributed by atoms with E-state index in [4.69, 9.17) is 0 Å². The molecule has 0 saturated carbocycles. The third-order valence-corrected chi connectivity index (χ3v) is 12.2. The number of allylic oxidation sites excluding steroid dienone is 6. The smallest absolute Gasteiger partial charge is 0.219 e. The van der Waals surface area contributed by atoms with Gasteiger partial charge in [0.05, 0.1) is 6.61 Å². The molecule has 0 aromatic carbocycles. The highest BCUT2D eigenvalue weighted by Crippen LogP contribution is 2.32. The zero-order valence-electron chi connectivity index (χ0n) is 39.1. The van der Waals surface area contributed by atoms with Gasteiger partial charge in [0, 0.05) is 19.3 Å². The topological polar surface area (TPSA) is 112 Å². The highest BCUT2D eigenvalue weighted by Gasteiger charge is 2.62. The van der Waals surface area contributed by atoms with Gasteiger partial charge >= 0.3 is 0 Å². The van der Waals surface area contributed by atoms with Gasteiger partial charge in [0.25, 0.3) is 0 Å². The molecular weight excluding hydrogens is 733 g/mol. The van der Waals surface area contributed by atoms with E-state index in [2.05, 4.69) is 57.2 Å². The van der Waals surface area contributed by atoms with E-state index in [9.17, 15) is 29.7 Å². The van der Waals surface area contributed by atoms with E-state index >= 15 is 0 Å². The van der Waals surface area contributed by atoms with Crippen LogP contribution in [0.2, 0.25) is 0 Å². The number of Topliss-reactive ketones (excluding diaryl/α,β-unsaturated/α-hetero) is 3. The molecule has 6 heteroatoms. The van der Waals surface area contributed by atoms with Crippen molar-refractivity contribution in [1.82, 2.24) is 0 Å². The molecule has 0 aliphatic carbocycles. The van der Waals surface area contributed by atoms with Crippen molar-refractivity contribution in [3.8, 4) is 0 Å². The normalized spacial score (nSPS) is 14.1. The molecule has 0 radical (unpaired) electrons. The molecule has 0 aromatic heterocycles. The lowest BCUT2D eigenvalue weighted by Crippen LogP contribution is -2.69. The van der Waals surface area contributed by atoms with Crippen LogP contribution in [0, 0.1) is 0 Å². The summed E-state index contributed by atoms with van der Waals surface area (Å²) in [5.41, 5.74) is -5.76. The van der Waals surface area contributed by atoms with Crippen molar-refractivity contribution in [2.75, 3.05) is 6.61 Å². The highest BCUT2D eigenvalue weighted by molar-refractivity contribution is 6.16. The quantitative estimate of drug-likeness (QED) is 0.0320. The number of rotatable bonds is 46. The lowest BCUT2D eigenvalue weighted by molar-refractivity contribution is -0.194. The van der Waals surface area contributed by atoms with E-state index in [1.807, 2.05) is 0 Å². The minimum atomic E-state index is -2.93. The minimum Gasteiger partial charge on any atom is -0.393 e. The van der Waals surface area contributed by atoms with E-state index in [1.165, 1.54) is 103 Å². The summed E-state index contributed by atoms with van der Waals surface area (Å²) < 4.78 is 0. The van der Waals surface area contributed by atoms with Crippen LogP contribution in [-0.2, 0) is 14.4 Å². The standard InChI is InChI=1S/C53H96O6/c1-4-7-10-13-16-19-22-25-26-29-32-35-38-41-44-47-51(57)53(59,50(56)46-43-40-37-34-31-28-24-21-18-15-12-9-6-3)52(58,48-54)49(55)45-42-39-36-33-30-27-23-20-17-14-11-8-5-2/h7,10,16,19,25-26,54,58-59H,4-6,8-9,11-15,17-18,20-24,27-48H2,1-3H3/b10-7-,19-16-,26-25-. The molecule has 3 N–H and O–H groups in total. The second kappa shape index (κ2) is 41.5. The number of hydrogen-bond donors (Lipinski definition) is 3. The molecule has 2 atom stereocenters. The van der Waals surface area contributed by atoms with Crippen LogP contribution >= 0.6 is 0 Å². The Morgan fingerprint density at radius 2 is 0.661 bits per heavy atom. The predicted octanol–water partition coefficient (Wildman–Crippen LogP) is 14.7. The van der Waals surface area contributed by atoms with Gasteiger partial charge in [-0.1, -0.05) is 231 Å². The summed E-state index contributed by atoms with van der Waals surface area (Å²) in [7, 11) is 0. The molecule has 0 aliphatic rings. The third kappa shape index (κ3) is 29.1. The van der Waals surface area contributed by atoms with Gasteiger partial charge in [0.15, 0.2) is 23.0 Å². The van der Waals surface area contributed by atoms with Gasteiger partial charge in [-0.05, 0) is 51.4 Å². The number of ketones is 3. The molecule has 0 bridgehead atoms. The fraction of sp³-hybridized carbons (Fsp3) is 0.830. The number of aliphatic hydroxyl groups is 3. The van der Waals surface area contributed by atoms with Gasteiger partial charge in [-0.2, -0.15) is 0 Å². The molecule has 344 valence electrons. The van der Waals surface area contributed by atoms with Crippen LogP contribution in [0.5, 0.6) is 0 Å². The van der Waals surface area contributed by atoms with Crippen LogP contribution in [0.15, 0.2) is 36.5 Å². The second-order valence-electron chi connectivity index (χ2n) is 17.6. The maximum atomic E-state index is 13.8. The average Bonchev–Trinajstić information content (AvgIpc) is 3.24. The molecule has 6 nitrogen and oxygen atoms in total. The number of carbonyl (C=O) groups excluding carboxylic acids is 3. The van der Waals surface area contributed by atoms with Crippen molar-refractivity contribution in [2.24, 2.45) is 0 Å². The molecule has 0 rings (SSSR count). The maximum absolute atomic E-state index is 13.8. The number of aliphatic hydroxyl groups excluding tert-OH is 1. The Labute approximate surface area is 365 Å². The van der Waals surface area contributed by atoms with E-state index in [0.29, 0.717) is 19.3 Å². The van der Waals surface area contributed by atoms with Crippen LogP contribution in [-0.4, -0.2) is 50.5 Å². The summed E-state index contributed by atoms with van der Waals surface area (Å²) in [5.74, 6) is -2.48. The molecule has 59 heavy (non-hydrogen) atoms. The predicted molar refractivity (Wildman–Crippen MR) is 252 cm³/mol. The van der Waals surface area contributed by atoms with E-state index in [-0.39, 0.29) is 19.3 Å². The van der Waals surface area contributed by atoms with Crippen molar-refractivity contribution in [3.63, 3.8) is 0 Å². The summed E-state index contributed by atoms with van der Waals surface area (Å²) in [4.78, 5) is 41.1. The van der Waals surface area contributed by atoms with E-state index < -0.39 is 35.2 Å². The largest absolute Gasteiger partial charge is 0.393 e. The lowest BCUT2D eigenvalue weighted by atomic mass is 9.71. The molecule has 0 spiro atoms. The fourth-order valence-electron chi connectivity index (χ4n) is 8.10. The summed E-state index contributed by atoms with van der Waals surface area (Å²) in [6.07, 6.45) is 50.7. The summed E-state index contributed by atoms with van der Waals surface area (Å²) in [6, 6.07) is 0. The zero-order chi connectivity index (χ0) is 43.6. The number of hydrogen-bond acceptors (Lipinski definition) is 6. The average molecular weight is 829 g/mol. The monoisotopic (exact) mass is 829 g/mol. The Kier molecular flexibility index (Phi) is 40.1. The van der Waals surface area contributed by atoms with Crippen LogP contribution in [0.3, 0.4) is 0 Å². The van der Waals surface area contributed by atoms with Crippen molar-refractivity contribution < 1.29 is 29.7 Å². The van der Waals surface area contributed by atoms with E-state index in [1.54, 1.807) is 0 Å². The zero-order valence-corrected chi connectivity index (χ0v) is 39.1. The van der Waals surface area contributed by atoms with Gasteiger partial charge in [-0.25, -0.2) is 0 Å². The Bertz CT molecular complexity index is 1080. The Hall–Kier alpha value is -1.89. The first-order valence-electron chi connectivity index (χ1n) is 25.4. The van der Waals surface area contributed by atoms with Gasteiger partial charge in [0.1, 0.15) is 0 Å². The van der Waals surface area contributed by atoms with Crippen LogP contribution in [0.1, 0.15) is 265 Å². The molecule has 0 heterocycles. The third-order valence-electron chi connectivity index (χ3n) is 12.2. The molecule has 0 aliphatic heterocycles. The van der Waals surface area contributed by atoms with Gasteiger partial charge in [0.2, 0.25) is 5.60 Å². The van der Waals surface area contributed by atoms with Crippen LogP contribution in [0.25, 0.3) is 0 Å². The molecular formula is C53H96O6. The number of carbonyl (C=O) groups is 3. The lowest BCUT2D eigenvalue weighted by Gasteiger charge is -2.39.